The number of nitrogen functional groups attached to an aromatic ring is 1. The average Bonchev–Trinajstić information content (AvgIpc) is 3.06. The van der Waals surface area contributed by atoms with Crippen molar-refractivity contribution in [3.8, 4) is 17.0 Å². The minimum Gasteiger partial charge on any atom is -0.475 e. The molecule has 0 fully saturated rings. The summed E-state index contributed by atoms with van der Waals surface area (Å²) in [5, 5.41) is 5.74. The van der Waals surface area contributed by atoms with Gasteiger partial charge in [0.25, 0.3) is 5.91 Å². The molecule has 4 rings (SSSR count). The van der Waals surface area contributed by atoms with Crippen LogP contribution in [0.15, 0.2) is 48.8 Å². The van der Waals surface area contributed by atoms with E-state index < -0.39 is 11.7 Å². The number of amides is 3. The van der Waals surface area contributed by atoms with E-state index in [0.29, 0.717) is 30.2 Å². The van der Waals surface area contributed by atoms with E-state index in [9.17, 15) is 14.4 Å². The van der Waals surface area contributed by atoms with Crippen LogP contribution >= 0.6 is 11.6 Å². The molecule has 0 bridgehead atoms. The quantitative estimate of drug-likeness (QED) is 0.393. The Hall–Kier alpha value is -4.38. The summed E-state index contributed by atoms with van der Waals surface area (Å²) < 4.78 is 10.7. The highest BCUT2D eigenvalue weighted by molar-refractivity contribution is 6.33. The van der Waals surface area contributed by atoms with E-state index in [0.717, 1.165) is 16.7 Å². The van der Waals surface area contributed by atoms with Crippen LogP contribution in [0.2, 0.25) is 5.02 Å². The average molecular weight is 567 g/mol. The van der Waals surface area contributed by atoms with Gasteiger partial charge in [0.05, 0.1) is 13.1 Å². The predicted octanol–water partition coefficient (Wildman–Crippen LogP) is 3.60. The molecule has 0 saturated heterocycles. The van der Waals surface area contributed by atoms with E-state index in [-0.39, 0.29) is 42.2 Å². The van der Waals surface area contributed by atoms with E-state index in [1.54, 1.807) is 25.7 Å². The molecule has 2 aromatic carbocycles. The Kier molecular flexibility index (Phi) is 8.73. The van der Waals surface area contributed by atoms with Crippen LogP contribution in [0.4, 0.5) is 16.3 Å². The van der Waals surface area contributed by atoms with Crippen LogP contribution in [0.3, 0.4) is 0 Å². The summed E-state index contributed by atoms with van der Waals surface area (Å²) in [6.07, 6.45) is 1.18. The summed E-state index contributed by atoms with van der Waals surface area (Å²) in [6.45, 7) is 6.05. The van der Waals surface area contributed by atoms with Gasteiger partial charge in [0.1, 0.15) is 29.9 Å². The van der Waals surface area contributed by atoms with Crippen LogP contribution < -0.4 is 26.0 Å². The summed E-state index contributed by atoms with van der Waals surface area (Å²) in [5.41, 5.74) is 8.77. The lowest BCUT2D eigenvalue weighted by molar-refractivity contribution is -0.120. The lowest BCUT2D eigenvalue weighted by Crippen LogP contribution is -2.40. The van der Waals surface area contributed by atoms with Crippen molar-refractivity contribution in [2.45, 2.75) is 32.8 Å². The topological polar surface area (TPSA) is 149 Å². The molecule has 210 valence electrons. The molecule has 4 N–H and O–H groups in total. The zero-order valence-corrected chi connectivity index (χ0v) is 23.2. The number of anilines is 2. The molecule has 12 heteroatoms. The Balaban J connectivity index is 1.34. The molecule has 11 nitrogen and oxygen atoms in total. The Bertz CT molecular complexity index is 1410. The molecule has 0 atom stereocenters. The third kappa shape index (κ3) is 7.17. The molecule has 1 aliphatic heterocycles. The third-order valence-corrected chi connectivity index (χ3v) is 6.22. The maximum absolute atomic E-state index is 13.2. The van der Waals surface area contributed by atoms with Gasteiger partial charge in [0.15, 0.2) is 0 Å². The van der Waals surface area contributed by atoms with Crippen LogP contribution in [0.5, 0.6) is 5.88 Å². The van der Waals surface area contributed by atoms with Crippen molar-refractivity contribution in [3.05, 3.63) is 64.9 Å². The van der Waals surface area contributed by atoms with Gasteiger partial charge in [0, 0.05) is 22.8 Å². The van der Waals surface area contributed by atoms with Crippen molar-refractivity contribution in [2.75, 3.05) is 36.9 Å². The van der Waals surface area contributed by atoms with Crippen molar-refractivity contribution < 1.29 is 23.9 Å². The summed E-state index contributed by atoms with van der Waals surface area (Å²) >= 11 is 6.59. The van der Waals surface area contributed by atoms with E-state index >= 15 is 0 Å². The van der Waals surface area contributed by atoms with Gasteiger partial charge < -0.3 is 30.7 Å². The maximum atomic E-state index is 13.2. The van der Waals surface area contributed by atoms with Crippen LogP contribution in [-0.4, -0.2) is 59.7 Å². The first-order chi connectivity index (χ1) is 19.0. The second-order valence-corrected chi connectivity index (χ2v) is 10.5. The number of fused-ring (bicyclic) bond motifs is 1. The highest BCUT2D eigenvalue weighted by Crippen LogP contribution is 2.32. The number of carbonyl (C=O) groups excluding carboxylic acids is 3. The summed E-state index contributed by atoms with van der Waals surface area (Å²) in [5.74, 6) is -0.391. The summed E-state index contributed by atoms with van der Waals surface area (Å²) in [4.78, 5) is 46.4. The van der Waals surface area contributed by atoms with Crippen molar-refractivity contribution in [2.24, 2.45) is 0 Å². The second-order valence-electron chi connectivity index (χ2n) is 10.1. The summed E-state index contributed by atoms with van der Waals surface area (Å²) in [6, 6.07) is 13.2. The standard InChI is InChI=1S/C28H31ClN6O5/c1-28(2,3)40-27(38)32-15-22(36)31-11-10-17-4-9-20(21(29)14-17)18-5-7-19(8-6-18)35-12-13-39-25-23(26(35)37)24(30)33-16-34-25/h4-9,14,16H,10-13,15H2,1-3H3,(H,31,36)(H,32,38)(H2,30,33,34). The fourth-order valence-corrected chi connectivity index (χ4v) is 4.37. The Morgan fingerprint density at radius 2 is 1.88 bits per heavy atom. The lowest BCUT2D eigenvalue weighted by Gasteiger charge is -2.20. The fourth-order valence-electron chi connectivity index (χ4n) is 4.05. The Morgan fingerprint density at radius 1 is 1.12 bits per heavy atom. The van der Waals surface area contributed by atoms with Crippen LogP contribution in [0.1, 0.15) is 36.7 Å². The van der Waals surface area contributed by atoms with Gasteiger partial charge in [-0.15, -0.1) is 0 Å². The number of benzene rings is 2. The maximum Gasteiger partial charge on any atom is 0.408 e. The molecule has 3 amide bonds. The third-order valence-electron chi connectivity index (χ3n) is 5.91. The number of halogens is 1. The molecule has 0 unspecified atom stereocenters. The highest BCUT2D eigenvalue weighted by Gasteiger charge is 2.28. The van der Waals surface area contributed by atoms with Crippen LogP contribution in [-0.2, 0) is 16.0 Å². The molecular formula is C28H31ClN6O5. The zero-order chi connectivity index (χ0) is 28.9. The van der Waals surface area contributed by atoms with Gasteiger partial charge in [0.2, 0.25) is 11.8 Å². The van der Waals surface area contributed by atoms with E-state index in [1.165, 1.54) is 6.33 Å². The Labute approximate surface area is 237 Å². The number of hydrogen-bond acceptors (Lipinski definition) is 8. The molecule has 2 heterocycles. The number of ether oxygens (including phenoxy) is 2. The normalized spacial score (nSPS) is 13.1. The largest absolute Gasteiger partial charge is 0.475 e. The van der Waals surface area contributed by atoms with E-state index in [1.807, 2.05) is 42.5 Å². The SMILES string of the molecule is CC(C)(C)OC(=O)NCC(=O)NCCc1ccc(-c2ccc(N3CCOc4ncnc(N)c4C3=O)cc2)c(Cl)c1. The number of carbonyl (C=O) groups is 3. The van der Waals surface area contributed by atoms with Crippen LogP contribution in [0.25, 0.3) is 11.1 Å². The monoisotopic (exact) mass is 566 g/mol. The van der Waals surface area contributed by atoms with Gasteiger partial charge in [-0.1, -0.05) is 35.9 Å². The van der Waals surface area contributed by atoms with Gasteiger partial charge in [-0.25, -0.2) is 14.8 Å². The molecule has 0 aliphatic carbocycles. The summed E-state index contributed by atoms with van der Waals surface area (Å²) in [7, 11) is 0. The second kappa shape index (κ2) is 12.2. The first-order valence-electron chi connectivity index (χ1n) is 12.7. The molecule has 0 saturated carbocycles. The van der Waals surface area contributed by atoms with Crippen LogP contribution in [0, 0.1) is 0 Å². The molecule has 0 spiro atoms. The molecule has 40 heavy (non-hydrogen) atoms. The molecular weight excluding hydrogens is 536 g/mol. The molecule has 0 radical (unpaired) electrons. The number of nitrogens with zero attached hydrogens (tertiary/aromatic N) is 3. The number of rotatable bonds is 7. The minimum atomic E-state index is -0.644. The van der Waals surface area contributed by atoms with Gasteiger partial charge in [-0.05, 0) is 56.5 Å². The van der Waals surface area contributed by atoms with Gasteiger partial charge in [-0.2, -0.15) is 0 Å². The number of nitrogens with two attached hydrogens (primary N) is 1. The molecule has 1 aliphatic rings. The smallest absolute Gasteiger partial charge is 0.408 e. The molecule has 3 aromatic rings. The number of hydrogen-bond donors (Lipinski definition) is 3. The van der Waals surface area contributed by atoms with Gasteiger partial charge in [-0.3, -0.25) is 9.59 Å². The predicted molar refractivity (Wildman–Crippen MR) is 151 cm³/mol. The highest BCUT2D eigenvalue weighted by atomic mass is 35.5. The van der Waals surface area contributed by atoms with Crippen molar-refractivity contribution in [1.82, 2.24) is 20.6 Å². The minimum absolute atomic E-state index is 0.0717. The van der Waals surface area contributed by atoms with E-state index in [4.69, 9.17) is 26.8 Å². The van der Waals surface area contributed by atoms with Crippen molar-refractivity contribution in [3.63, 3.8) is 0 Å². The number of aromatic nitrogens is 2. The van der Waals surface area contributed by atoms with E-state index in [2.05, 4.69) is 20.6 Å². The lowest BCUT2D eigenvalue weighted by atomic mass is 10.0. The Morgan fingerprint density at radius 3 is 2.58 bits per heavy atom. The number of nitrogens with one attached hydrogen (secondary N) is 2. The first kappa shape index (κ1) is 28.6. The fraction of sp³-hybridized carbons (Fsp3) is 0.321. The van der Waals surface area contributed by atoms with Crippen molar-refractivity contribution in [1.29, 1.82) is 0 Å². The number of alkyl carbamates (subject to hydrolysis) is 1. The molecule has 1 aromatic heterocycles. The van der Waals surface area contributed by atoms with Gasteiger partial charge >= 0.3 is 6.09 Å². The first-order valence-corrected chi connectivity index (χ1v) is 13.1. The van der Waals surface area contributed by atoms with Crippen molar-refractivity contribution >= 4 is 41.0 Å². The zero-order valence-electron chi connectivity index (χ0n) is 22.5.